The number of alkyl halides is 3. The molecule has 1 rings (SSSR count). The molecule has 1 aromatic rings. The summed E-state index contributed by atoms with van der Waals surface area (Å²) in [5.74, 6) is 2.03. The van der Waals surface area contributed by atoms with Crippen LogP contribution in [0.4, 0.5) is 13.2 Å². The van der Waals surface area contributed by atoms with E-state index < -0.39 is 26.7 Å². The van der Waals surface area contributed by atoms with E-state index in [0.29, 0.717) is 6.07 Å². The van der Waals surface area contributed by atoms with Crippen LogP contribution in [0.1, 0.15) is 5.56 Å². The smallest absolute Gasteiger partial charge is 0.207 e. The standard InChI is InChI=1S/C10H8F3NO2S/c1-2-6-14-17(15,16)9-5-3-4-8(7-9)10(11,12)13/h1,3-5,7,14H,6H2. The first-order chi connectivity index (χ1) is 7.77. The minimum absolute atomic E-state index is 0.279. The summed E-state index contributed by atoms with van der Waals surface area (Å²) in [5, 5.41) is 0. The number of terminal acetylenes is 1. The zero-order chi connectivity index (χ0) is 13.1. The van der Waals surface area contributed by atoms with E-state index in [1.54, 1.807) is 0 Å². The van der Waals surface area contributed by atoms with Gasteiger partial charge in [-0.2, -0.15) is 17.9 Å². The molecule has 7 heteroatoms. The van der Waals surface area contributed by atoms with E-state index in [0.717, 1.165) is 18.2 Å². The van der Waals surface area contributed by atoms with Gasteiger partial charge in [-0.25, -0.2) is 8.42 Å². The van der Waals surface area contributed by atoms with E-state index in [4.69, 9.17) is 6.42 Å². The Bertz CT molecular complexity index is 543. The van der Waals surface area contributed by atoms with Crippen LogP contribution < -0.4 is 4.72 Å². The summed E-state index contributed by atoms with van der Waals surface area (Å²) in [6, 6.07) is 3.43. The summed E-state index contributed by atoms with van der Waals surface area (Å²) in [4.78, 5) is -0.470. The van der Waals surface area contributed by atoms with Crippen LogP contribution in [0.5, 0.6) is 0 Å². The SMILES string of the molecule is C#CCNS(=O)(=O)c1cccc(C(F)(F)F)c1. The highest BCUT2D eigenvalue weighted by Gasteiger charge is 2.31. The molecule has 1 N–H and O–H groups in total. The Morgan fingerprint density at radius 2 is 2.00 bits per heavy atom. The fraction of sp³-hybridized carbons (Fsp3) is 0.200. The normalized spacial score (nSPS) is 12.1. The van der Waals surface area contributed by atoms with Gasteiger partial charge >= 0.3 is 6.18 Å². The van der Waals surface area contributed by atoms with E-state index in [2.05, 4.69) is 0 Å². The quantitative estimate of drug-likeness (QED) is 0.842. The molecule has 17 heavy (non-hydrogen) atoms. The molecule has 0 fully saturated rings. The van der Waals surface area contributed by atoms with Crippen LogP contribution >= 0.6 is 0 Å². The topological polar surface area (TPSA) is 46.2 Å². The third kappa shape index (κ3) is 3.47. The van der Waals surface area contributed by atoms with Crippen molar-refractivity contribution in [2.75, 3.05) is 6.54 Å². The first-order valence-corrected chi connectivity index (χ1v) is 5.86. The monoisotopic (exact) mass is 263 g/mol. The molecule has 0 heterocycles. The van der Waals surface area contributed by atoms with Gasteiger partial charge < -0.3 is 0 Å². The first kappa shape index (κ1) is 13.5. The molecule has 0 radical (unpaired) electrons. The molecule has 1 aromatic carbocycles. The summed E-state index contributed by atoms with van der Waals surface area (Å²) in [5.41, 5.74) is -1.03. The molecular formula is C10H8F3NO2S. The minimum Gasteiger partial charge on any atom is -0.207 e. The maximum absolute atomic E-state index is 12.4. The van der Waals surface area contributed by atoms with Crippen molar-refractivity contribution >= 4 is 10.0 Å². The van der Waals surface area contributed by atoms with Gasteiger partial charge in [-0.3, -0.25) is 0 Å². The Balaban J connectivity index is 3.13. The summed E-state index contributed by atoms with van der Waals surface area (Å²) < 4.78 is 62.0. The van der Waals surface area contributed by atoms with E-state index in [1.165, 1.54) is 0 Å². The van der Waals surface area contributed by atoms with Crippen molar-refractivity contribution in [1.82, 2.24) is 4.72 Å². The number of halogens is 3. The van der Waals surface area contributed by atoms with Crippen LogP contribution in [0, 0.1) is 12.3 Å². The van der Waals surface area contributed by atoms with Crippen molar-refractivity contribution < 1.29 is 21.6 Å². The number of sulfonamides is 1. The number of rotatable bonds is 3. The van der Waals surface area contributed by atoms with Gasteiger partial charge in [0.25, 0.3) is 0 Å². The molecule has 3 nitrogen and oxygen atoms in total. The van der Waals surface area contributed by atoms with Crippen molar-refractivity contribution in [3.63, 3.8) is 0 Å². The van der Waals surface area contributed by atoms with E-state index in [1.807, 2.05) is 10.6 Å². The molecule has 0 aliphatic heterocycles. The Hall–Kier alpha value is -1.52. The fourth-order valence-corrected chi connectivity index (χ4v) is 2.04. The fourth-order valence-electron chi connectivity index (χ4n) is 1.06. The number of benzene rings is 1. The van der Waals surface area contributed by atoms with Crippen LogP contribution in [-0.4, -0.2) is 15.0 Å². The van der Waals surface area contributed by atoms with E-state index >= 15 is 0 Å². The highest BCUT2D eigenvalue weighted by Crippen LogP contribution is 2.30. The summed E-state index contributed by atoms with van der Waals surface area (Å²) in [6.45, 7) is -0.279. The summed E-state index contributed by atoms with van der Waals surface area (Å²) in [6.07, 6.45) is 0.270. The zero-order valence-electron chi connectivity index (χ0n) is 8.45. The first-order valence-electron chi connectivity index (χ1n) is 4.38. The van der Waals surface area contributed by atoms with Gasteiger partial charge in [0.1, 0.15) is 0 Å². The van der Waals surface area contributed by atoms with E-state index in [-0.39, 0.29) is 6.54 Å². The lowest BCUT2D eigenvalue weighted by molar-refractivity contribution is -0.137. The Labute approximate surface area is 96.7 Å². The van der Waals surface area contributed by atoms with Gasteiger partial charge in [-0.05, 0) is 18.2 Å². The minimum atomic E-state index is -4.59. The van der Waals surface area contributed by atoms with E-state index in [9.17, 15) is 21.6 Å². The lowest BCUT2D eigenvalue weighted by Crippen LogP contribution is -2.24. The van der Waals surface area contributed by atoms with Crippen LogP contribution in [0.3, 0.4) is 0 Å². The number of hydrogen-bond donors (Lipinski definition) is 1. The molecule has 0 saturated heterocycles. The van der Waals surface area contributed by atoms with Crippen molar-refractivity contribution in [1.29, 1.82) is 0 Å². The molecule has 0 spiro atoms. The zero-order valence-corrected chi connectivity index (χ0v) is 9.27. The molecule has 0 atom stereocenters. The van der Waals surface area contributed by atoms with Crippen LogP contribution in [0.15, 0.2) is 29.2 Å². The van der Waals surface area contributed by atoms with Crippen LogP contribution in [0.25, 0.3) is 0 Å². The lowest BCUT2D eigenvalue weighted by Gasteiger charge is -2.09. The Morgan fingerprint density at radius 3 is 2.53 bits per heavy atom. The van der Waals surface area contributed by atoms with Crippen molar-refractivity contribution in [2.24, 2.45) is 0 Å². The third-order valence-electron chi connectivity index (χ3n) is 1.84. The molecule has 0 saturated carbocycles. The van der Waals surface area contributed by atoms with Crippen LogP contribution in [-0.2, 0) is 16.2 Å². The van der Waals surface area contributed by atoms with Crippen molar-refractivity contribution in [3.8, 4) is 12.3 Å². The van der Waals surface area contributed by atoms with Gasteiger partial charge in [0.15, 0.2) is 0 Å². The Morgan fingerprint density at radius 1 is 1.35 bits per heavy atom. The summed E-state index contributed by atoms with van der Waals surface area (Å²) >= 11 is 0. The molecule has 0 amide bonds. The predicted molar refractivity (Wildman–Crippen MR) is 55.5 cm³/mol. The van der Waals surface area contributed by atoms with Gasteiger partial charge in [-0.15, -0.1) is 6.42 Å². The second-order valence-corrected chi connectivity index (χ2v) is 4.82. The molecule has 0 bridgehead atoms. The van der Waals surface area contributed by atoms with Gasteiger partial charge in [-0.1, -0.05) is 12.0 Å². The van der Waals surface area contributed by atoms with Gasteiger partial charge in [0.2, 0.25) is 10.0 Å². The average Bonchev–Trinajstić information content (AvgIpc) is 2.25. The Kier molecular flexibility index (Phi) is 3.80. The maximum Gasteiger partial charge on any atom is 0.416 e. The summed E-state index contributed by atoms with van der Waals surface area (Å²) in [7, 11) is -4.00. The predicted octanol–water partition coefficient (Wildman–Crippen LogP) is 1.62. The molecule has 0 unspecified atom stereocenters. The number of hydrogen-bond acceptors (Lipinski definition) is 2. The molecular weight excluding hydrogens is 255 g/mol. The molecule has 0 aliphatic carbocycles. The molecule has 92 valence electrons. The molecule has 0 aliphatic rings. The maximum atomic E-state index is 12.4. The van der Waals surface area contributed by atoms with Crippen LogP contribution in [0.2, 0.25) is 0 Å². The number of nitrogens with one attached hydrogen (secondary N) is 1. The highest BCUT2D eigenvalue weighted by atomic mass is 32.2. The lowest BCUT2D eigenvalue weighted by atomic mass is 10.2. The van der Waals surface area contributed by atoms with Crippen molar-refractivity contribution in [2.45, 2.75) is 11.1 Å². The largest absolute Gasteiger partial charge is 0.416 e. The second kappa shape index (κ2) is 4.77. The highest BCUT2D eigenvalue weighted by molar-refractivity contribution is 7.89. The van der Waals surface area contributed by atoms with Gasteiger partial charge in [0, 0.05) is 0 Å². The second-order valence-electron chi connectivity index (χ2n) is 3.05. The third-order valence-corrected chi connectivity index (χ3v) is 3.23. The van der Waals surface area contributed by atoms with Gasteiger partial charge in [0.05, 0.1) is 17.0 Å². The average molecular weight is 263 g/mol. The molecule has 0 aromatic heterocycles. The van der Waals surface area contributed by atoms with Crippen molar-refractivity contribution in [3.05, 3.63) is 29.8 Å².